The number of anilines is 1. The summed E-state index contributed by atoms with van der Waals surface area (Å²) in [7, 11) is 0.449. The number of H-pyrrole nitrogens is 1. The van der Waals surface area contributed by atoms with Crippen molar-refractivity contribution in [3.63, 3.8) is 0 Å². The molecule has 2 aliphatic rings. The van der Waals surface area contributed by atoms with E-state index in [2.05, 4.69) is 31.6 Å². The highest BCUT2D eigenvalue weighted by Gasteiger charge is 2.57. The number of nitrogens with zero attached hydrogens (tertiary/aromatic N) is 3. The number of nitrogens with one attached hydrogen (secondary N) is 2. The molecule has 23 heavy (non-hydrogen) atoms. The molecule has 2 aromatic rings. The van der Waals surface area contributed by atoms with E-state index in [-0.39, 0.29) is 10.7 Å². The van der Waals surface area contributed by atoms with E-state index in [1.54, 1.807) is 6.33 Å². The van der Waals surface area contributed by atoms with Crippen LogP contribution in [0.2, 0.25) is 0 Å². The second-order valence-electron chi connectivity index (χ2n) is 6.89. The Balaban J connectivity index is 1.44. The monoisotopic (exact) mass is 335 g/mol. The first-order valence-corrected chi connectivity index (χ1v) is 9.42. The third-order valence-corrected chi connectivity index (χ3v) is 7.38. The van der Waals surface area contributed by atoms with Crippen molar-refractivity contribution in [2.24, 2.45) is 5.41 Å². The number of aromatic amines is 1. The van der Waals surface area contributed by atoms with Gasteiger partial charge in [0, 0.05) is 19.3 Å². The number of aromatic nitrogens is 3. The Morgan fingerprint density at radius 2 is 2.04 bits per heavy atom. The van der Waals surface area contributed by atoms with Crippen LogP contribution in [0, 0.1) is 5.41 Å². The summed E-state index contributed by atoms with van der Waals surface area (Å²) >= 11 is 0. The molecular formula is C15H21N5O2S. The lowest BCUT2D eigenvalue weighted by Gasteiger charge is -2.59. The zero-order valence-electron chi connectivity index (χ0n) is 13.3. The summed E-state index contributed by atoms with van der Waals surface area (Å²) in [6.45, 7) is 0. The zero-order valence-corrected chi connectivity index (χ0v) is 14.1. The minimum absolute atomic E-state index is 0.214. The maximum atomic E-state index is 11.8. The van der Waals surface area contributed by atoms with Crippen LogP contribution in [0.1, 0.15) is 25.7 Å². The van der Waals surface area contributed by atoms with Gasteiger partial charge < -0.3 is 9.88 Å². The Morgan fingerprint density at radius 3 is 2.74 bits per heavy atom. The van der Waals surface area contributed by atoms with Crippen LogP contribution in [0.15, 0.2) is 18.6 Å². The third kappa shape index (κ3) is 2.23. The lowest BCUT2D eigenvalue weighted by Crippen LogP contribution is -2.59. The first kappa shape index (κ1) is 14.9. The smallest absolute Gasteiger partial charge is 0.214 e. The van der Waals surface area contributed by atoms with Gasteiger partial charge in [0.1, 0.15) is 17.8 Å². The largest absolute Gasteiger partial charge is 0.356 e. The maximum Gasteiger partial charge on any atom is 0.214 e. The highest BCUT2D eigenvalue weighted by Crippen LogP contribution is 2.59. The standard InChI is InChI=1S/C15H21N5O2S/c1-16-23(21,22)11-7-15(8-11)5-10(6-15)20(2)14-12-3-4-17-13(12)18-9-19-14/h3-4,9-11,16H,5-8H2,1-2H3,(H,17,18,19). The molecule has 2 heterocycles. The summed E-state index contributed by atoms with van der Waals surface area (Å²) in [4.78, 5) is 14.0. The van der Waals surface area contributed by atoms with Crippen LogP contribution in [-0.4, -0.2) is 48.8 Å². The number of sulfonamides is 1. The van der Waals surface area contributed by atoms with E-state index in [0.29, 0.717) is 6.04 Å². The van der Waals surface area contributed by atoms with Gasteiger partial charge in [-0.1, -0.05) is 0 Å². The molecule has 2 N–H and O–H groups in total. The first-order valence-electron chi connectivity index (χ1n) is 7.87. The lowest BCUT2D eigenvalue weighted by atomic mass is 9.53. The van der Waals surface area contributed by atoms with Crippen molar-refractivity contribution < 1.29 is 8.42 Å². The predicted octanol–water partition coefficient (Wildman–Crippen LogP) is 1.25. The molecule has 0 bridgehead atoms. The van der Waals surface area contributed by atoms with Crippen LogP contribution < -0.4 is 9.62 Å². The Morgan fingerprint density at radius 1 is 1.30 bits per heavy atom. The summed E-state index contributed by atoms with van der Waals surface area (Å²) in [6, 6.07) is 2.41. The average Bonchev–Trinajstić information content (AvgIpc) is 2.92. The molecule has 0 radical (unpaired) electrons. The fraction of sp³-hybridized carbons (Fsp3) is 0.600. The summed E-state index contributed by atoms with van der Waals surface area (Å²) in [5, 5.41) is 0.814. The molecule has 1 spiro atoms. The molecule has 124 valence electrons. The molecule has 2 aliphatic carbocycles. The van der Waals surface area contributed by atoms with Crippen molar-refractivity contribution in [3.8, 4) is 0 Å². The Labute approximate surface area is 135 Å². The van der Waals surface area contributed by atoms with Crippen LogP contribution in [-0.2, 0) is 10.0 Å². The molecule has 0 atom stereocenters. The zero-order chi connectivity index (χ0) is 16.2. The molecule has 0 unspecified atom stereocenters. The van der Waals surface area contributed by atoms with E-state index in [4.69, 9.17) is 0 Å². The number of hydrogen-bond donors (Lipinski definition) is 2. The third-order valence-electron chi connectivity index (χ3n) is 5.60. The summed E-state index contributed by atoms with van der Waals surface area (Å²) in [5.41, 5.74) is 1.07. The Kier molecular flexibility index (Phi) is 3.18. The highest BCUT2D eigenvalue weighted by molar-refractivity contribution is 7.90. The van der Waals surface area contributed by atoms with Crippen molar-refractivity contribution in [2.45, 2.75) is 37.0 Å². The van der Waals surface area contributed by atoms with Crippen LogP contribution in [0.5, 0.6) is 0 Å². The molecule has 2 saturated carbocycles. The number of fused-ring (bicyclic) bond motifs is 1. The molecule has 0 aromatic carbocycles. The molecular weight excluding hydrogens is 314 g/mol. The van der Waals surface area contributed by atoms with Gasteiger partial charge in [0.2, 0.25) is 10.0 Å². The van der Waals surface area contributed by atoms with Crippen LogP contribution in [0.25, 0.3) is 11.0 Å². The minimum Gasteiger partial charge on any atom is -0.356 e. The van der Waals surface area contributed by atoms with Gasteiger partial charge in [-0.2, -0.15) is 0 Å². The van der Waals surface area contributed by atoms with Gasteiger partial charge >= 0.3 is 0 Å². The van der Waals surface area contributed by atoms with Crippen LogP contribution in [0.4, 0.5) is 5.82 Å². The van der Waals surface area contributed by atoms with Crippen molar-refractivity contribution >= 4 is 26.9 Å². The van der Waals surface area contributed by atoms with Gasteiger partial charge in [0.25, 0.3) is 0 Å². The van der Waals surface area contributed by atoms with Crippen LogP contribution in [0.3, 0.4) is 0 Å². The van der Waals surface area contributed by atoms with Crippen molar-refractivity contribution in [3.05, 3.63) is 18.6 Å². The van der Waals surface area contributed by atoms with Crippen LogP contribution >= 0.6 is 0 Å². The maximum absolute atomic E-state index is 11.8. The van der Waals surface area contributed by atoms with Crippen molar-refractivity contribution in [2.75, 3.05) is 19.0 Å². The van der Waals surface area contributed by atoms with E-state index >= 15 is 0 Å². The number of hydrogen-bond acceptors (Lipinski definition) is 5. The number of rotatable bonds is 4. The van der Waals surface area contributed by atoms with Gasteiger partial charge in [0.05, 0.1) is 10.6 Å². The molecule has 4 rings (SSSR count). The summed E-state index contributed by atoms with van der Waals surface area (Å²) in [5.74, 6) is 0.940. The van der Waals surface area contributed by atoms with Gasteiger partial charge in [-0.3, -0.25) is 0 Å². The minimum atomic E-state index is -3.11. The van der Waals surface area contributed by atoms with Gasteiger partial charge in [0.15, 0.2) is 0 Å². The van der Waals surface area contributed by atoms with E-state index < -0.39 is 10.0 Å². The summed E-state index contributed by atoms with van der Waals surface area (Å²) < 4.78 is 26.1. The Hall–Kier alpha value is -1.67. The molecule has 8 heteroatoms. The van der Waals surface area contributed by atoms with E-state index in [0.717, 1.165) is 42.5 Å². The van der Waals surface area contributed by atoms with Gasteiger partial charge in [-0.05, 0) is 44.2 Å². The summed E-state index contributed by atoms with van der Waals surface area (Å²) in [6.07, 6.45) is 7.09. The highest BCUT2D eigenvalue weighted by atomic mass is 32.2. The van der Waals surface area contributed by atoms with E-state index in [1.165, 1.54) is 7.05 Å². The predicted molar refractivity (Wildman–Crippen MR) is 88.7 cm³/mol. The quantitative estimate of drug-likeness (QED) is 0.877. The molecule has 0 saturated heterocycles. The SMILES string of the molecule is CNS(=O)(=O)C1CC2(CC(N(C)c3ncnc4[nH]ccc34)C2)C1. The van der Waals surface area contributed by atoms with Crippen molar-refractivity contribution in [1.29, 1.82) is 0 Å². The topological polar surface area (TPSA) is 91.0 Å². The second kappa shape index (κ2) is 4.91. The van der Waals surface area contributed by atoms with Crippen molar-refractivity contribution in [1.82, 2.24) is 19.7 Å². The average molecular weight is 335 g/mol. The normalized spacial score (nSPS) is 30.2. The fourth-order valence-electron chi connectivity index (χ4n) is 4.15. The fourth-order valence-corrected chi connectivity index (χ4v) is 5.63. The Bertz CT molecular complexity index is 832. The second-order valence-corrected chi connectivity index (χ2v) is 9.05. The van der Waals surface area contributed by atoms with E-state index in [1.807, 2.05) is 12.3 Å². The van der Waals surface area contributed by atoms with Gasteiger partial charge in [-0.25, -0.2) is 23.1 Å². The molecule has 7 nitrogen and oxygen atoms in total. The molecule has 2 fully saturated rings. The molecule has 2 aromatic heterocycles. The van der Waals surface area contributed by atoms with E-state index in [9.17, 15) is 8.42 Å². The molecule has 0 amide bonds. The molecule has 0 aliphatic heterocycles. The van der Waals surface area contributed by atoms with Gasteiger partial charge in [-0.15, -0.1) is 0 Å². The lowest BCUT2D eigenvalue weighted by molar-refractivity contribution is 0.0135. The first-order chi connectivity index (χ1) is 10.9.